The Morgan fingerprint density at radius 2 is 1.76 bits per heavy atom. The van der Waals surface area contributed by atoms with Gasteiger partial charge in [-0.25, -0.2) is 15.0 Å². The molecule has 3 aromatic rings. The van der Waals surface area contributed by atoms with Crippen molar-refractivity contribution in [2.24, 2.45) is 0 Å². The summed E-state index contributed by atoms with van der Waals surface area (Å²) in [7, 11) is 0. The van der Waals surface area contributed by atoms with Gasteiger partial charge >= 0.3 is 0 Å². The lowest BCUT2D eigenvalue weighted by Crippen LogP contribution is -2.49. The molecule has 0 bridgehead atoms. The van der Waals surface area contributed by atoms with Crippen molar-refractivity contribution in [2.75, 3.05) is 36.4 Å². The largest absolute Gasteiger partial charge is 0.353 e. The van der Waals surface area contributed by atoms with Gasteiger partial charge in [-0.2, -0.15) is 0 Å². The number of nitrogens with one attached hydrogen (secondary N) is 1. The molecule has 0 radical (unpaired) electrons. The average molecular weight is 388 g/mol. The predicted molar refractivity (Wildman–Crippen MR) is 113 cm³/mol. The maximum atomic E-state index is 12.8. The van der Waals surface area contributed by atoms with Gasteiger partial charge in [-0.15, -0.1) is 0 Å². The fourth-order valence-corrected chi connectivity index (χ4v) is 3.32. The maximum absolute atomic E-state index is 12.8. The molecule has 4 rings (SSSR count). The number of amides is 1. The highest BCUT2D eigenvalue weighted by Crippen LogP contribution is 2.16. The number of pyridine rings is 1. The van der Waals surface area contributed by atoms with Crippen LogP contribution in [0.3, 0.4) is 0 Å². The molecule has 0 atom stereocenters. The van der Waals surface area contributed by atoms with Gasteiger partial charge in [-0.05, 0) is 36.2 Å². The number of rotatable bonds is 5. The number of anilines is 3. The monoisotopic (exact) mass is 388 g/mol. The lowest BCUT2D eigenvalue weighted by molar-refractivity contribution is 0.0740. The SMILES string of the molecule is CCc1ccc(Nc2cnc(C(=O)N3CCN(c4ccccn4)CC3)cn2)cc1. The molecule has 0 saturated carbocycles. The van der Waals surface area contributed by atoms with Gasteiger partial charge in [0.2, 0.25) is 0 Å². The molecule has 1 amide bonds. The molecular weight excluding hydrogens is 364 g/mol. The molecular formula is C22H24N6O. The summed E-state index contributed by atoms with van der Waals surface area (Å²) in [5.41, 5.74) is 2.59. The number of hydrogen-bond donors (Lipinski definition) is 1. The Morgan fingerprint density at radius 3 is 2.38 bits per heavy atom. The van der Waals surface area contributed by atoms with E-state index in [0.29, 0.717) is 24.6 Å². The van der Waals surface area contributed by atoms with Crippen LogP contribution < -0.4 is 10.2 Å². The normalized spacial score (nSPS) is 14.0. The van der Waals surface area contributed by atoms with Crippen molar-refractivity contribution in [1.29, 1.82) is 0 Å². The third-order valence-electron chi connectivity index (χ3n) is 5.05. The standard InChI is InChI=1S/C22H24N6O/c1-2-17-6-8-18(9-7-17)26-20-16-24-19(15-25-20)22(29)28-13-11-27(12-14-28)21-5-3-4-10-23-21/h3-10,15-16H,2,11-14H2,1H3,(H,25,26). The second kappa shape index (κ2) is 8.68. The first-order valence-electron chi connectivity index (χ1n) is 9.86. The Morgan fingerprint density at radius 1 is 0.966 bits per heavy atom. The van der Waals surface area contributed by atoms with Gasteiger partial charge in [-0.1, -0.05) is 25.1 Å². The summed E-state index contributed by atoms with van der Waals surface area (Å²) in [6.45, 7) is 4.91. The zero-order chi connectivity index (χ0) is 20.1. The van der Waals surface area contributed by atoms with E-state index in [9.17, 15) is 4.79 Å². The smallest absolute Gasteiger partial charge is 0.274 e. The Labute approximate surface area is 170 Å². The number of carbonyl (C=O) groups is 1. The van der Waals surface area contributed by atoms with Gasteiger partial charge < -0.3 is 15.1 Å². The van der Waals surface area contributed by atoms with Crippen LogP contribution in [-0.4, -0.2) is 51.9 Å². The number of benzene rings is 1. The Bertz CT molecular complexity index is 935. The lowest BCUT2D eigenvalue weighted by atomic mass is 10.1. The van der Waals surface area contributed by atoms with Gasteiger partial charge in [-0.3, -0.25) is 4.79 Å². The van der Waals surface area contributed by atoms with Crippen molar-refractivity contribution < 1.29 is 4.79 Å². The van der Waals surface area contributed by atoms with E-state index in [2.05, 4.69) is 44.2 Å². The molecule has 0 spiro atoms. The van der Waals surface area contributed by atoms with Gasteiger partial charge in [0.15, 0.2) is 0 Å². The second-order valence-corrected chi connectivity index (χ2v) is 6.93. The second-order valence-electron chi connectivity index (χ2n) is 6.93. The first kappa shape index (κ1) is 18.9. The van der Waals surface area contributed by atoms with Crippen LogP contribution in [0, 0.1) is 0 Å². The number of aromatic nitrogens is 3. The summed E-state index contributed by atoms with van der Waals surface area (Å²) < 4.78 is 0. The number of nitrogens with zero attached hydrogens (tertiary/aromatic N) is 5. The van der Waals surface area contributed by atoms with Crippen LogP contribution in [0.4, 0.5) is 17.3 Å². The Kier molecular flexibility index (Phi) is 5.65. The minimum absolute atomic E-state index is 0.0861. The van der Waals surface area contributed by atoms with Crippen LogP contribution >= 0.6 is 0 Å². The topological polar surface area (TPSA) is 74.2 Å². The van der Waals surface area contributed by atoms with Crippen molar-refractivity contribution in [3.05, 3.63) is 72.3 Å². The van der Waals surface area contributed by atoms with Crippen molar-refractivity contribution in [1.82, 2.24) is 19.9 Å². The van der Waals surface area contributed by atoms with Crippen molar-refractivity contribution in [3.8, 4) is 0 Å². The van der Waals surface area contributed by atoms with Gasteiger partial charge in [0.25, 0.3) is 5.91 Å². The molecule has 1 aromatic carbocycles. The summed E-state index contributed by atoms with van der Waals surface area (Å²) in [5, 5.41) is 3.21. The fourth-order valence-electron chi connectivity index (χ4n) is 3.32. The minimum Gasteiger partial charge on any atom is -0.353 e. The Hall–Kier alpha value is -3.48. The van der Waals surface area contributed by atoms with E-state index in [1.165, 1.54) is 11.8 Å². The highest BCUT2D eigenvalue weighted by atomic mass is 16.2. The van der Waals surface area contributed by atoms with Crippen LogP contribution in [0.15, 0.2) is 61.1 Å². The van der Waals surface area contributed by atoms with Crippen LogP contribution in [0.5, 0.6) is 0 Å². The summed E-state index contributed by atoms with van der Waals surface area (Å²) >= 11 is 0. The molecule has 1 N–H and O–H groups in total. The molecule has 0 aliphatic carbocycles. The summed E-state index contributed by atoms with van der Waals surface area (Å²) in [6.07, 6.45) is 5.94. The molecule has 29 heavy (non-hydrogen) atoms. The van der Waals surface area contributed by atoms with Gasteiger partial charge in [0.1, 0.15) is 17.3 Å². The molecule has 3 heterocycles. The molecule has 1 aliphatic rings. The molecule has 1 saturated heterocycles. The zero-order valence-corrected chi connectivity index (χ0v) is 16.5. The fraction of sp³-hybridized carbons (Fsp3) is 0.273. The molecule has 148 valence electrons. The van der Waals surface area contributed by atoms with E-state index in [4.69, 9.17) is 0 Å². The van der Waals surface area contributed by atoms with E-state index >= 15 is 0 Å². The average Bonchev–Trinajstić information content (AvgIpc) is 2.80. The first-order chi connectivity index (χ1) is 14.2. The maximum Gasteiger partial charge on any atom is 0.274 e. The lowest BCUT2D eigenvalue weighted by Gasteiger charge is -2.35. The minimum atomic E-state index is -0.0861. The van der Waals surface area contributed by atoms with Crippen molar-refractivity contribution in [3.63, 3.8) is 0 Å². The predicted octanol–water partition coefficient (Wildman–Crippen LogP) is 3.14. The van der Waals surface area contributed by atoms with Crippen LogP contribution in [0.1, 0.15) is 23.0 Å². The Balaban J connectivity index is 1.34. The van der Waals surface area contributed by atoms with Crippen LogP contribution in [0.25, 0.3) is 0 Å². The summed E-state index contributed by atoms with van der Waals surface area (Å²) in [6, 6.07) is 14.1. The number of aryl methyl sites for hydroxylation is 1. The molecule has 0 unspecified atom stereocenters. The van der Waals surface area contributed by atoms with E-state index in [1.807, 2.05) is 35.2 Å². The number of piperazine rings is 1. The zero-order valence-electron chi connectivity index (χ0n) is 16.5. The first-order valence-corrected chi connectivity index (χ1v) is 9.86. The van der Waals surface area contributed by atoms with Gasteiger partial charge in [0, 0.05) is 38.1 Å². The van der Waals surface area contributed by atoms with Crippen molar-refractivity contribution in [2.45, 2.75) is 13.3 Å². The van der Waals surface area contributed by atoms with E-state index in [-0.39, 0.29) is 5.91 Å². The van der Waals surface area contributed by atoms with E-state index in [0.717, 1.165) is 31.0 Å². The van der Waals surface area contributed by atoms with E-state index in [1.54, 1.807) is 12.4 Å². The summed E-state index contributed by atoms with van der Waals surface area (Å²) in [4.78, 5) is 29.8. The molecule has 7 nitrogen and oxygen atoms in total. The van der Waals surface area contributed by atoms with Crippen LogP contribution in [0.2, 0.25) is 0 Å². The van der Waals surface area contributed by atoms with E-state index < -0.39 is 0 Å². The third-order valence-corrected chi connectivity index (χ3v) is 5.05. The highest BCUT2D eigenvalue weighted by Gasteiger charge is 2.23. The highest BCUT2D eigenvalue weighted by molar-refractivity contribution is 5.92. The quantitative estimate of drug-likeness (QED) is 0.724. The van der Waals surface area contributed by atoms with Gasteiger partial charge in [0.05, 0.1) is 12.4 Å². The van der Waals surface area contributed by atoms with Crippen molar-refractivity contribution >= 4 is 23.2 Å². The number of carbonyl (C=O) groups excluding carboxylic acids is 1. The number of hydrogen-bond acceptors (Lipinski definition) is 6. The molecule has 7 heteroatoms. The molecule has 1 aliphatic heterocycles. The molecule has 2 aromatic heterocycles. The van der Waals surface area contributed by atoms with Crippen LogP contribution in [-0.2, 0) is 6.42 Å². The third kappa shape index (κ3) is 4.51. The molecule has 1 fully saturated rings. The summed E-state index contributed by atoms with van der Waals surface area (Å²) in [5.74, 6) is 1.48.